The Hall–Kier alpha value is 1.55. The van der Waals surface area contributed by atoms with Crippen LogP contribution in [0.3, 0.4) is 0 Å². The third kappa shape index (κ3) is 8.16. The first kappa shape index (κ1) is 13.5. The maximum absolute atomic E-state index is 10.2. The number of thiol groups is 1. The van der Waals surface area contributed by atoms with Gasteiger partial charge in [-0.15, -0.1) is 0 Å². The fourth-order valence-electron chi connectivity index (χ4n) is 0.238. The SMILES string of the molecule is O=P(O)(O)OP(O)(=S)O[P+](=S)S. The molecule has 6 nitrogen and oxygen atoms in total. The van der Waals surface area contributed by atoms with Crippen LogP contribution in [0, 0.1) is 0 Å². The van der Waals surface area contributed by atoms with Gasteiger partial charge in [-0.2, -0.15) is 0 Å². The zero-order valence-electron chi connectivity index (χ0n) is 5.17. The highest BCUT2D eigenvalue weighted by Crippen LogP contribution is 2.62. The van der Waals surface area contributed by atoms with Crippen LogP contribution in [0.15, 0.2) is 0 Å². The first-order valence-electron chi connectivity index (χ1n) is 2.08. The van der Waals surface area contributed by atoms with Gasteiger partial charge in [0.05, 0.1) is 0 Å². The molecule has 0 aliphatic carbocycles. The predicted octanol–water partition coefficient (Wildman–Crippen LogP) is 1.03. The van der Waals surface area contributed by atoms with Crippen molar-refractivity contribution in [2.45, 2.75) is 0 Å². The maximum atomic E-state index is 10.2. The highest BCUT2D eigenvalue weighted by atomic mass is 32.9. The summed E-state index contributed by atoms with van der Waals surface area (Å²) in [5.41, 5.74) is 0. The summed E-state index contributed by atoms with van der Waals surface area (Å²) in [6.45, 7) is -3.95. The second-order valence-electron chi connectivity index (χ2n) is 1.36. The van der Waals surface area contributed by atoms with Crippen molar-refractivity contribution in [2.75, 3.05) is 0 Å². The van der Waals surface area contributed by atoms with Gasteiger partial charge in [-0.1, -0.05) is 4.31 Å². The van der Waals surface area contributed by atoms with Gasteiger partial charge in [-0.3, -0.25) is 0 Å². The predicted molar refractivity (Wildman–Crippen MR) is 54.0 cm³/mol. The van der Waals surface area contributed by atoms with Crippen LogP contribution in [0.25, 0.3) is 0 Å². The van der Waals surface area contributed by atoms with Crippen LogP contribution >= 0.6 is 32.9 Å². The minimum Gasteiger partial charge on any atom is -0.322 e. The van der Waals surface area contributed by atoms with Crippen molar-refractivity contribution in [3.05, 3.63) is 0 Å². The van der Waals surface area contributed by atoms with Gasteiger partial charge >= 0.3 is 20.7 Å². The normalized spacial score (nSPS) is 18.5. The van der Waals surface area contributed by atoms with E-state index in [-0.39, 0.29) is 0 Å². The average molecular weight is 289 g/mol. The van der Waals surface area contributed by atoms with E-state index in [1.807, 2.05) is 0 Å². The molecule has 0 amide bonds. The van der Waals surface area contributed by atoms with Gasteiger partial charge in [-0.05, 0) is 11.8 Å². The molecule has 2 unspecified atom stereocenters. The van der Waals surface area contributed by atoms with E-state index in [2.05, 4.69) is 44.5 Å². The molecular weight excluding hydrogens is 285 g/mol. The molecule has 72 valence electrons. The largest absolute Gasteiger partial charge is 0.476 e. The Labute approximate surface area is 84.4 Å². The highest BCUT2D eigenvalue weighted by Gasteiger charge is 2.33. The maximum Gasteiger partial charge on any atom is 0.476 e. The molecule has 2 atom stereocenters. The van der Waals surface area contributed by atoms with E-state index in [9.17, 15) is 4.57 Å². The van der Waals surface area contributed by atoms with Gasteiger partial charge in [0.2, 0.25) is 11.8 Å². The Morgan fingerprint density at radius 1 is 1.42 bits per heavy atom. The van der Waals surface area contributed by atoms with Crippen LogP contribution < -0.4 is 0 Å². The molecule has 0 spiro atoms. The lowest BCUT2D eigenvalue weighted by atomic mass is 15.7. The lowest BCUT2D eigenvalue weighted by Gasteiger charge is -2.08. The van der Waals surface area contributed by atoms with Crippen LogP contribution in [0.4, 0.5) is 0 Å². The molecule has 0 heterocycles. The molecular formula is H4O6P3S3+. The van der Waals surface area contributed by atoms with Crippen molar-refractivity contribution < 1.29 is 27.9 Å². The van der Waals surface area contributed by atoms with Crippen LogP contribution in [0.5, 0.6) is 0 Å². The summed E-state index contributed by atoms with van der Waals surface area (Å²) >= 11 is 12.2. The second kappa shape index (κ2) is 4.87. The summed E-state index contributed by atoms with van der Waals surface area (Å²) < 4.78 is 18.3. The van der Waals surface area contributed by atoms with Crippen LogP contribution in [-0.4, -0.2) is 14.7 Å². The van der Waals surface area contributed by atoms with Crippen molar-refractivity contribution in [3.63, 3.8) is 0 Å². The Bertz CT molecular complexity index is 265. The van der Waals surface area contributed by atoms with Gasteiger partial charge in [0.25, 0.3) is 0 Å². The summed E-state index contributed by atoms with van der Waals surface area (Å²) in [6.07, 6.45) is -1.74. The third-order valence-corrected chi connectivity index (χ3v) is 5.90. The van der Waals surface area contributed by atoms with Crippen LogP contribution in [0.1, 0.15) is 0 Å². The van der Waals surface area contributed by atoms with Crippen LogP contribution in [-0.2, 0) is 36.8 Å². The molecule has 0 saturated heterocycles. The number of hydrogen-bond donors (Lipinski definition) is 4. The first-order chi connectivity index (χ1) is 5.12. The van der Waals surface area contributed by atoms with Gasteiger partial charge in [0.15, 0.2) is 0 Å². The van der Waals surface area contributed by atoms with Gasteiger partial charge in [0.1, 0.15) is 12.2 Å². The molecule has 0 aromatic carbocycles. The van der Waals surface area contributed by atoms with E-state index in [4.69, 9.17) is 14.7 Å². The summed E-state index contributed by atoms with van der Waals surface area (Å²) in [7, 11) is -4.84. The summed E-state index contributed by atoms with van der Waals surface area (Å²) in [5, 5.41) is 0. The van der Waals surface area contributed by atoms with Gasteiger partial charge in [-0.25, -0.2) is 8.88 Å². The molecule has 3 N–H and O–H groups in total. The molecule has 0 aliphatic rings. The molecule has 0 saturated carbocycles. The molecule has 0 fully saturated rings. The van der Waals surface area contributed by atoms with Crippen molar-refractivity contribution in [3.8, 4) is 0 Å². The molecule has 0 aliphatic heterocycles. The second-order valence-corrected chi connectivity index (χ2v) is 9.34. The van der Waals surface area contributed by atoms with Gasteiger partial charge < -0.3 is 14.7 Å². The van der Waals surface area contributed by atoms with E-state index < -0.39 is 20.7 Å². The van der Waals surface area contributed by atoms with Crippen molar-refractivity contribution in [1.29, 1.82) is 0 Å². The van der Waals surface area contributed by atoms with E-state index in [1.54, 1.807) is 0 Å². The first-order valence-corrected chi connectivity index (χ1v) is 9.62. The molecule has 12 heteroatoms. The van der Waals surface area contributed by atoms with E-state index >= 15 is 0 Å². The zero-order valence-corrected chi connectivity index (χ0v) is 10.4. The topological polar surface area (TPSA) is 96.2 Å². The minimum atomic E-state index is -4.84. The Kier molecular flexibility index (Phi) is 5.49. The van der Waals surface area contributed by atoms with Crippen molar-refractivity contribution >= 4 is 56.5 Å². The Morgan fingerprint density at radius 2 is 1.83 bits per heavy atom. The quantitative estimate of drug-likeness (QED) is 0.450. The molecule has 0 rings (SSSR count). The number of hydrogen-bond acceptors (Lipinski definition) is 5. The lowest BCUT2D eigenvalue weighted by Crippen LogP contribution is -1.86. The molecule has 0 aromatic heterocycles. The molecule has 0 radical (unpaired) electrons. The minimum absolute atomic E-state index is 1.74. The van der Waals surface area contributed by atoms with Gasteiger partial charge in [0, 0.05) is 0 Å². The molecule has 12 heavy (non-hydrogen) atoms. The zero-order chi connectivity index (χ0) is 9.99. The molecule has 0 bridgehead atoms. The van der Waals surface area contributed by atoms with E-state index in [0.29, 0.717) is 0 Å². The average Bonchev–Trinajstić information content (AvgIpc) is 1.48. The number of rotatable bonds is 4. The lowest BCUT2D eigenvalue weighted by molar-refractivity contribution is 0.266. The summed E-state index contributed by atoms with van der Waals surface area (Å²) in [6, 6.07) is 0. The molecule has 0 aromatic rings. The highest BCUT2D eigenvalue weighted by molar-refractivity contribution is 8.55. The van der Waals surface area contributed by atoms with Crippen LogP contribution in [0.2, 0.25) is 0 Å². The standard InChI is InChI=1S/H3O6P3S3/c1-8(2,3)6-9(4,12)5-7(10)11/h(H3-,1,2,3,4,10,11,12)/p+1. The summed E-state index contributed by atoms with van der Waals surface area (Å²) in [4.78, 5) is 25.4. The Morgan fingerprint density at radius 3 is 2.08 bits per heavy atom. The van der Waals surface area contributed by atoms with Crippen molar-refractivity contribution in [1.82, 2.24) is 0 Å². The smallest absolute Gasteiger partial charge is 0.322 e. The fraction of sp³-hybridized carbons (Fsp3) is 0. The van der Waals surface area contributed by atoms with Crippen molar-refractivity contribution in [2.24, 2.45) is 0 Å². The van der Waals surface area contributed by atoms with E-state index in [1.165, 1.54) is 0 Å². The fourth-order valence-corrected chi connectivity index (χ4v) is 6.32. The van der Waals surface area contributed by atoms with E-state index in [0.717, 1.165) is 0 Å². The Balaban J connectivity index is 4.35. The number of phosphoric acid groups is 1. The third-order valence-electron chi connectivity index (χ3n) is 0.383. The monoisotopic (exact) mass is 289 g/mol. The summed E-state index contributed by atoms with van der Waals surface area (Å²) in [5.74, 6) is 0.